The first-order valence-electron chi connectivity index (χ1n) is 22.8. The van der Waals surface area contributed by atoms with Gasteiger partial charge in [0.1, 0.15) is 22.0 Å². The lowest BCUT2D eigenvalue weighted by Gasteiger charge is -2.32. The van der Waals surface area contributed by atoms with Crippen LogP contribution in [0.1, 0.15) is 140 Å². The topological polar surface area (TPSA) is 137 Å². The second kappa shape index (κ2) is 23.1. The van der Waals surface area contributed by atoms with Gasteiger partial charge in [0.05, 0.1) is 80.3 Å². The molecule has 0 amide bonds. The van der Waals surface area contributed by atoms with Gasteiger partial charge in [0, 0.05) is 29.3 Å². The van der Waals surface area contributed by atoms with E-state index in [1.807, 2.05) is 186 Å². The van der Waals surface area contributed by atoms with Crippen molar-refractivity contribution < 1.29 is 36.8 Å². The van der Waals surface area contributed by atoms with Crippen LogP contribution in [0.4, 0.5) is 0 Å². The van der Waals surface area contributed by atoms with Crippen LogP contribution < -0.4 is 0 Å². The average molecular weight is 1040 g/mol. The quantitative estimate of drug-likeness (QED) is 0.0996. The second-order valence-electron chi connectivity index (χ2n) is 21.2. The average Bonchev–Trinajstić information content (AvgIpc) is 3.49. The number of ether oxygens (including phenoxy) is 2. The summed E-state index contributed by atoms with van der Waals surface area (Å²) < 4.78 is 50.6. The summed E-state index contributed by atoms with van der Waals surface area (Å²) in [5.74, 6) is 1.21. The molecule has 68 heavy (non-hydrogen) atoms. The highest BCUT2D eigenvalue weighted by Gasteiger charge is 2.50. The molecule has 12 nitrogen and oxygen atoms in total. The van der Waals surface area contributed by atoms with E-state index in [0.29, 0.717) is 0 Å². The molecule has 0 N–H and O–H groups in total. The van der Waals surface area contributed by atoms with Gasteiger partial charge < -0.3 is 18.8 Å². The molecule has 0 saturated carbocycles. The fourth-order valence-corrected chi connectivity index (χ4v) is 9.47. The van der Waals surface area contributed by atoms with Crippen molar-refractivity contribution in [1.29, 1.82) is 0 Å². The maximum Gasteiger partial charge on any atom is 0.486 e. The molecule has 16 heteroatoms. The first-order valence-corrected chi connectivity index (χ1v) is 25.8. The van der Waals surface area contributed by atoms with Crippen molar-refractivity contribution in [3.8, 4) is 0 Å². The zero-order chi connectivity index (χ0) is 52.0. The summed E-state index contributed by atoms with van der Waals surface area (Å²) in [6.45, 7) is 31.1. The molecule has 1 aliphatic rings. The summed E-state index contributed by atoms with van der Waals surface area (Å²) in [6, 6.07) is 20.1. The van der Waals surface area contributed by atoms with E-state index in [0.717, 1.165) is 43.2 Å². The number of fused-ring (bicyclic) bond motifs is 2. The van der Waals surface area contributed by atoms with Crippen molar-refractivity contribution in [3.05, 3.63) is 100 Å². The Morgan fingerprint density at radius 1 is 0.662 bits per heavy atom. The van der Waals surface area contributed by atoms with Crippen LogP contribution in [0, 0.1) is 10.8 Å². The normalized spacial score (nSPS) is 17.1. The Morgan fingerprint density at radius 2 is 1.04 bits per heavy atom. The van der Waals surface area contributed by atoms with E-state index < -0.39 is 39.9 Å². The van der Waals surface area contributed by atoms with Crippen LogP contribution in [-0.4, -0.2) is 95.1 Å². The predicted molar refractivity (Wildman–Crippen MR) is 285 cm³/mol. The molecule has 2 aromatic heterocycles. The van der Waals surface area contributed by atoms with Crippen molar-refractivity contribution in [3.63, 3.8) is 0 Å². The highest BCUT2D eigenvalue weighted by Crippen LogP contribution is 2.37. The third-order valence-electron chi connectivity index (χ3n) is 12.0. The number of hydrogen-bond donors (Lipinski definition) is 0. The van der Waals surface area contributed by atoms with E-state index in [2.05, 4.69) is 22.0 Å². The van der Waals surface area contributed by atoms with Crippen LogP contribution in [0.3, 0.4) is 0 Å². The van der Waals surface area contributed by atoms with Crippen LogP contribution in [0.25, 0.3) is 27.9 Å². The van der Waals surface area contributed by atoms with E-state index in [-0.39, 0.29) is 44.7 Å². The Labute approximate surface area is 420 Å². The van der Waals surface area contributed by atoms with Crippen molar-refractivity contribution in [2.45, 2.75) is 144 Å². The number of aromatic nitrogens is 2. The number of halogens is 1. The molecule has 0 aliphatic carbocycles. The Balaban J connectivity index is 0.000000280. The smallest absolute Gasteiger partial charge is 0.468 e. The number of esters is 2. The molecular formula is C52H76BBrN4O8S2. The molecule has 0 unspecified atom stereocenters. The summed E-state index contributed by atoms with van der Waals surface area (Å²) in [4.78, 5) is 32.9. The summed E-state index contributed by atoms with van der Waals surface area (Å²) in [6.07, 6.45) is 5.52. The lowest BCUT2D eigenvalue weighted by Crippen LogP contribution is -2.41. The molecule has 4 atom stereocenters. The van der Waals surface area contributed by atoms with E-state index in [1.165, 1.54) is 14.2 Å². The maximum atomic E-state index is 12.7. The standard InChI is InChI=1S/C23H32N2O3S.C16H21BrN2OS.C13H23BO4/c1-16(25(7)29(27)22(2,3)4)19-12-11-18-10-9-17(15-20(18)24-19)13-14-23(5,6)21(26)28-8;1-11(19(5)21(20)16(2,3)4)14-9-7-12-6-8-13(17)10-15(12)18-14;1-11(2,10(15)16-7)8-9-14-17-12(3,4)13(5,6)18-14/h9-16H,1-8H3;6-11H,1-5H3;8-9H,1-7H3/b14-13+;;9-8+/t16-,29-;11-,21-;/m11./s1. The maximum absolute atomic E-state index is 12.7. The van der Waals surface area contributed by atoms with Gasteiger partial charge in [-0.15, -0.1) is 0 Å². The number of nitrogens with zero attached hydrogens (tertiary/aromatic N) is 4. The molecule has 1 aliphatic heterocycles. The summed E-state index contributed by atoms with van der Waals surface area (Å²) in [5.41, 5.74) is 2.46. The highest BCUT2D eigenvalue weighted by molar-refractivity contribution is 9.10. The zero-order valence-corrected chi connectivity index (χ0v) is 47.3. The lowest BCUT2D eigenvalue weighted by atomic mass is 9.83. The van der Waals surface area contributed by atoms with Gasteiger partial charge in [-0.1, -0.05) is 70.5 Å². The fraction of sp³-hybridized carbons (Fsp3) is 0.538. The minimum atomic E-state index is -1.13. The lowest BCUT2D eigenvalue weighted by molar-refractivity contribution is -0.148. The number of carbonyl (C=O) groups excluding carboxylic acids is 2. The minimum absolute atomic E-state index is 0.00607. The molecule has 0 spiro atoms. The van der Waals surface area contributed by atoms with Gasteiger partial charge in [0.15, 0.2) is 0 Å². The van der Waals surface area contributed by atoms with Gasteiger partial charge in [0.2, 0.25) is 0 Å². The number of benzene rings is 2. The first kappa shape index (κ1) is 58.7. The third kappa shape index (κ3) is 15.4. The first-order chi connectivity index (χ1) is 31.1. The molecule has 5 rings (SSSR count). The second-order valence-corrected chi connectivity index (χ2v) is 26.7. The van der Waals surface area contributed by atoms with Crippen LogP contribution in [0.15, 0.2) is 83.3 Å². The van der Waals surface area contributed by atoms with Gasteiger partial charge >= 0.3 is 19.1 Å². The Kier molecular flexibility index (Phi) is 19.9. The summed E-state index contributed by atoms with van der Waals surface area (Å²) in [5, 5.41) is 2.14. The van der Waals surface area contributed by atoms with Crippen molar-refractivity contribution >= 4 is 84.8 Å². The van der Waals surface area contributed by atoms with E-state index >= 15 is 0 Å². The van der Waals surface area contributed by atoms with Crippen LogP contribution in [-0.2, 0) is 50.3 Å². The third-order valence-corrected chi connectivity index (χ3v) is 16.3. The molecule has 0 radical (unpaired) electrons. The molecule has 1 saturated heterocycles. The van der Waals surface area contributed by atoms with Gasteiger partial charge in [-0.3, -0.25) is 19.6 Å². The molecule has 3 heterocycles. The fourth-order valence-electron chi connectivity index (χ4n) is 6.60. The number of rotatable bonds is 12. The molecule has 4 aromatic rings. The van der Waals surface area contributed by atoms with Crippen LogP contribution >= 0.6 is 15.9 Å². The van der Waals surface area contributed by atoms with Crippen molar-refractivity contribution in [2.24, 2.45) is 10.8 Å². The monoisotopic (exact) mass is 1040 g/mol. The summed E-state index contributed by atoms with van der Waals surface area (Å²) >= 11 is 3.47. The predicted octanol–water partition coefficient (Wildman–Crippen LogP) is 11.7. The molecule has 2 aromatic carbocycles. The Morgan fingerprint density at radius 3 is 1.46 bits per heavy atom. The molecular weight excluding hydrogens is 963 g/mol. The van der Waals surface area contributed by atoms with E-state index in [9.17, 15) is 18.0 Å². The van der Waals surface area contributed by atoms with E-state index in [1.54, 1.807) is 25.9 Å². The van der Waals surface area contributed by atoms with Gasteiger partial charge in [-0.05, 0) is 147 Å². The van der Waals surface area contributed by atoms with Crippen LogP contribution in [0.2, 0.25) is 0 Å². The number of carbonyl (C=O) groups is 2. The highest BCUT2D eigenvalue weighted by atomic mass is 79.9. The van der Waals surface area contributed by atoms with Crippen LogP contribution in [0.5, 0.6) is 0 Å². The molecule has 1 fully saturated rings. The minimum Gasteiger partial charge on any atom is -0.468 e. The Hall–Kier alpha value is -3.64. The largest absolute Gasteiger partial charge is 0.486 e. The number of hydrogen-bond acceptors (Lipinski definition) is 10. The molecule has 374 valence electrons. The molecule has 0 bridgehead atoms. The number of methoxy groups -OCH3 is 2. The van der Waals surface area contributed by atoms with E-state index in [4.69, 9.17) is 28.8 Å². The van der Waals surface area contributed by atoms with Gasteiger partial charge in [0.25, 0.3) is 0 Å². The van der Waals surface area contributed by atoms with Crippen molar-refractivity contribution in [1.82, 2.24) is 18.6 Å². The van der Waals surface area contributed by atoms with Gasteiger partial charge in [-0.2, -0.15) is 0 Å². The van der Waals surface area contributed by atoms with Gasteiger partial charge in [-0.25, -0.2) is 17.0 Å². The summed E-state index contributed by atoms with van der Waals surface area (Å²) in [7, 11) is 3.90. The zero-order valence-electron chi connectivity index (χ0n) is 44.1. The number of pyridine rings is 2. The van der Waals surface area contributed by atoms with Crippen molar-refractivity contribution in [2.75, 3.05) is 28.3 Å². The Bertz CT molecular complexity index is 2500. The SMILES string of the molecule is COC(=O)C(C)(C)/C=C/B1OC(C)(C)C(C)(C)O1.COC(=O)C(C)(C)/C=C/c1ccc2ccc([C@@H](C)N(C)[S@](=O)C(C)(C)C)nc2c1.C[C@H](c1ccc2ccc(Br)cc2n1)N(C)[S@](=O)C(C)(C)C.